The van der Waals surface area contributed by atoms with Crippen molar-refractivity contribution in [1.82, 2.24) is 0 Å². The average molecular weight is 465 g/mol. The number of benzene rings is 2. The molecule has 0 bridgehead atoms. The third kappa shape index (κ3) is 4.64. The second-order valence-corrected chi connectivity index (χ2v) is 8.06. The molecule has 0 heterocycles. The molecule has 0 aliphatic rings. The fraction of sp³-hybridized carbons (Fsp3) is 0.316. The molecule has 0 aliphatic heterocycles. The van der Waals surface area contributed by atoms with Gasteiger partial charge in [0.2, 0.25) is 0 Å². The molecule has 28 heavy (non-hydrogen) atoms. The van der Waals surface area contributed by atoms with Crippen LogP contribution in [0, 0.1) is 0 Å². The van der Waals surface area contributed by atoms with Gasteiger partial charge in [0.15, 0.2) is 0 Å². The zero-order valence-electron chi connectivity index (χ0n) is 15.0. The van der Waals surface area contributed by atoms with E-state index in [-0.39, 0.29) is 11.1 Å². The summed E-state index contributed by atoms with van der Waals surface area (Å²) in [5, 5.41) is 0. The van der Waals surface area contributed by atoms with Crippen LogP contribution in [-0.2, 0) is 17.8 Å². The van der Waals surface area contributed by atoms with Crippen LogP contribution in [-0.4, -0.2) is 10.5 Å². The molecule has 0 saturated carbocycles. The minimum atomic E-state index is -5.10. The molecule has 0 amide bonds. The topological polar surface area (TPSA) is 36.4 Å². The number of alkyl halides is 6. The Labute approximate surface area is 165 Å². The SMILES string of the molecule is CC(C)(C)c1cc(C(F)(F)F)c(C(=[N+]=[N-])c2ccc(Br)cc2)c(C(F)(F)F)c1. The number of hydrogen-bond acceptors (Lipinski definition) is 0. The maximum atomic E-state index is 13.7. The number of nitrogens with zero attached hydrogens (tertiary/aromatic N) is 2. The molecule has 0 saturated heterocycles. The summed E-state index contributed by atoms with van der Waals surface area (Å²) in [5.41, 5.74) is 3.12. The summed E-state index contributed by atoms with van der Waals surface area (Å²) in [4.78, 5) is 2.80. The Morgan fingerprint density at radius 1 is 0.857 bits per heavy atom. The molecule has 150 valence electrons. The fourth-order valence-corrected chi connectivity index (χ4v) is 2.90. The number of hydrogen-bond donors (Lipinski definition) is 0. The summed E-state index contributed by atoms with van der Waals surface area (Å²) in [5.74, 6) is 0. The predicted molar refractivity (Wildman–Crippen MR) is 96.1 cm³/mol. The van der Waals surface area contributed by atoms with Crippen molar-refractivity contribution >= 4 is 21.6 Å². The van der Waals surface area contributed by atoms with Crippen LogP contribution in [0.3, 0.4) is 0 Å². The Hall–Kier alpha value is -2.12. The highest BCUT2D eigenvalue weighted by molar-refractivity contribution is 9.10. The third-order valence-electron chi connectivity index (χ3n) is 4.07. The summed E-state index contributed by atoms with van der Waals surface area (Å²) in [6.07, 6.45) is -10.2. The maximum Gasteiger partial charge on any atom is 0.417 e. The summed E-state index contributed by atoms with van der Waals surface area (Å²) in [7, 11) is 0. The molecule has 0 N–H and O–H groups in total. The molecule has 0 radical (unpaired) electrons. The van der Waals surface area contributed by atoms with Crippen molar-refractivity contribution in [2.75, 3.05) is 0 Å². The molecular formula is C19H15BrF6N2. The van der Waals surface area contributed by atoms with Crippen molar-refractivity contribution in [3.05, 3.63) is 74.2 Å². The van der Waals surface area contributed by atoms with E-state index < -0.39 is 40.2 Å². The van der Waals surface area contributed by atoms with Gasteiger partial charge in [0.05, 0.1) is 22.3 Å². The molecule has 0 aromatic heterocycles. The zero-order chi connectivity index (χ0) is 21.5. The first-order valence-electron chi connectivity index (χ1n) is 7.97. The predicted octanol–water partition coefficient (Wildman–Crippen LogP) is 6.85. The van der Waals surface area contributed by atoms with Crippen molar-refractivity contribution < 1.29 is 31.1 Å². The van der Waals surface area contributed by atoms with Crippen LogP contribution in [0.25, 0.3) is 5.53 Å². The van der Waals surface area contributed by atoms with E-state index in [0.29, 0.717) is 16.6 Å². The van der Waals surface area contributed by atoms with E-state index in [4.69, 9.17) is 0 Å². The van der Waals surface area contributed by atoms with Gasteiger partial charge < -0.3 is 5.53 Å². The second kappa shape index (κ2) is 7.37. The quantitative estimate of drug-likeness (QED) is 0.201. The molecule has 0 aliphatic carbocycles. The van der Waals surface area contributed by atoms with Crippen molar-refractivity contribution in [3.63, 3.8) is 0 Å². The van der Waals surface area contributed by atoms with E-state index in [0.717, 1.165) is 0 Å². The van der Waals surface area contributed by atoms with Gasteiger partial charge in [0, 0.05) is 4.47 Å². The molecule has 0 unspecified atom stereocenters. The van der Waals surface area contributed by atoms with Gasteiger partial charge in [-0.05, 0) is 47.4 Å². The molecule has 2 aromatic carbocycles. The minimum absolute atomic E-state index is 0.0924. The Balaban J connectivity index is 2.98. The highest BCUT2D eigenvalue weighted by Crippen LogP contribution is 2.43. The normalized spacial score (nSPS) is 12.6. The molecule has 0 spiro atoms. The standard InChI is InChI=1S/C19H15BrF6N2/c1-17(2,3)11-8-13(18(21,22)23)15(14(9-11)19(24,25)26)16(28-27)10-4-6-12(20)7-5-10/h4-9H,1-3H3. The maximum absolute atomic E-state index is 13.7. The van der Waals surface area contributed by atoms with Crippen LogP contribution in [0.4, 0.5) is 26.3 Å². The Morgan fingerprint density at radius 2 is 1.29 bits per heavy atom. The third-order valence-corrected chi connectivity index (χ3v) is 4.60. The van der Waals surface area contributed by atoms with Crippen LogP contribution >= 0.6 is 15.9 Å². The van der Waals surface area contributed by atoms with Gasteiger partial charge >= 0.3 is 18.1 Å². The van der Waals surface area contributed by atoms with Gasteiger partial charge in [-0.25, -0.2) is 0 Å². The van der Waals surface area contributed by atoms with E-state index in [2.05, 4.69) is 20.7 Å². The van der Waals surface area contributed by atoms with Crippen LogP contribution in [0.2, 0.25) is 0 Å². The molecule has 2 nitrogen and oxygen atoms in total. The molecule has 0 atom stereocenters. The highest BCUT2D eigenvalue weighted by Gasteiger charge is 2.46. The fourth-order valence-electron chi connectivity index (χ4n) is 2.64. The van der Waals surface area contributed by atoms with Crippen molar-refractivity contribution in [3.8, 4) is 0 Å². The van der Waals surface area contributed by atoms with E-state index in [1.807, 2.05) is 0 Å². The van der Waals surface area contributed by atoms with Crippen molar-refractivity contribution in [2.24, 2.45) is 0 Å². The lowest BCUT2D eigenvalue weighted by Gasteiger charge is -2.24. The Bertz CT molecular complexity index is 896. The minimum Gasteiger partial charge on any atom is -0.361 e. The lowest BCUT2D eigenvalue weighted by Crippen LogP contribution is -2.24. The molecule has 2 aromatic rings. The largest absolute Gasteiger partial charge is 0.417 e. The van der Waals surface area contributed by atoms with E-state index >= 15 is 0 Å². The summed E-state index contributed by atoms with van der Waals surface area (Å²) in [6, 6.07) is 6.71. The monoisotopic (exact) mass is 464 g/mol. The number of rotatable bonds is 2. The zero-order valence-corrected chi connectivity index (χ0v) is 16.6. The Morgan fingerprint density at radius 3 is 1.61 bits per heavy atom. The molecule has 2 rings (SSSR count). The first-order chi connectivity index (χ1) is 12.7. The Kier molecular flexibility index (Phi) is 5.83. The highest BCUT2D eigenvalue weighted by atomic mass is 79.9. The molecular weight excluding hydrogens is 450 g/mol. The molecule has 9 heteroatoms. The van der Waals surface area contributed by atoms with Crippen LogP contribution < -0.4 is 0 Å². The average Bonchev–Trinajstić information content (AvgIpc) is 2.54. The molecule has 0 fully saturated rings. The van der Waals surface area contributed by atoms with E-state index in [1.165, 1.54) is 45.0 Å². The summed E-state index contributed by atoms with van der Waals surface area (Å²) in [6.45, 7) is 4.54. The van der Waals surface area contributed by atoms with Crippen LogP contribution in [0.1, 0.15) is 48.6 Å². The second-order valence-electron chi connectivity index (χ2n) is 7.15. The smallest absolute Gasteiger partial charge is 0.361 e. The van der Waals surface area contributed by atoms with Gasteiger partial charge in [0.25, 0.3) is 0 Å². The van der Waals surface area contributed by atoms with Gasteiger partial charge in [-0.2, -0.15) is 31.1 Å². The van der Waals surface area contributed by atoms with E-state index in [1.54, 1.807) is 0 Å². The van der Waals surface area contributed by atoms with Gasteiger partial charge in [-0.15, -0.1) is 0 Å². The van der Waals surface area contributed by atoms with Crippen LogP contribution in [0.5, 0.6) is 0 Å². The lowest BCUT2D eigenvalue weighted by molar-refractivity contribution is -0.144. The van der Waals surface area contributed by atoms with Crippen LogP contribution in [0.15, 0.2) is 40.9 Å². The van der Waals surface area contributed by atoms with Gasteiger partial charge in [-0.3, -0.25) is 0 Å². The summed E-state index contributed by atoms with van der Waals surface area (Å²) < 4.78 is 83.1. The van der Waals surface area contributed by atoms with Crippen molar-refractivity contribution in [1.29, 1.82) is 0 Å². The summed E-state index contributed by atoms with van der Waals surface area (Å²) >= 11 is 3.13. The van der Waals surface area contributed by atoms with Crippen molar-refractivity contribution in [2.45, 2.75) is 38.5 Å². The first kappa shape index (κ1) is 22.2. The van der Waals surface area contributed by atoms with Gasteiger partial charge in [0.1, 0.15) is 0 Å². The number of halogens is 7. The first-order valence-corrected chi connectivity index (χ1v) is 8.77. The van der Waals surface area contributed by atoms with E-state index in [9.17, 15) is 31.9 Å². The van der Waals surface area contributed by atoms with Gasteiger partial charge in [-0.1, -0.05) is 36.7 Å². The lowest BCUT2D eigenvalue weighted by atomic mass is 9.81.